The summed E-state index contributed by atoms with van der Waals surface area (Å²) in [5, 5.41) is 8.54. The van der Waals surface area contributed by atoms with E-state index >= 15 is 0 Å². The Morgan fingerprint density at radius 2 is 1.81 bits per heavy atom. The minimum Gasteiger partial charge on any atom is -0.313 e. The van der Waals surface area contributed by atoms with Crippen molar-refractivity contribution in [3.63, 3.8) is 0 Å². The standard InChI is InChI=1S/C18H29N3/c1-3-4-19-11-16-12-21(2)20-17(16)18-8-13-5-14(9-18)7-15(6-13)10-18/h12-15,19H,3-11H2,1-2H3. The first-order chi connectivity index (χ1) is 10.2. The van der Waals surface area contributed by atoms with Crippen LogP contribution in [0.2, 0.25) is 0 Å². The van der Waals surface area contributed by atoms with Gasteiger partial charge in [-0.1, -0.05) is 6.92 Å². The van der Waals surface area contributed by atoms with Crippen LogP contribution in [0.15, 0.2) is 6.20 Å². The molecular formula is C18H29N3. The van der Waals surface area contributed by atoms with Gasteiger partial charge in [0.1, 0.15) is 0 Å². The van der Waals surface area contributed by atoms with Crippen LogP contribution in [0.5, 0.6) is 0 Å². The molecule has 3 heteroatoms. The molecule has 0 amide bonds. The maximum atomic E-state index is 4.96. The predicted molar refractivity (Wildman–Crippen MR) is 85.1 cm³/mol. The highest BCUT2D eigenvalue weighted by Crippen LogP contribution is 2.60. The Labute approximate surface area is 128 Å². The van der Waals surface area contributed by atoms with E-state index < -0.39 is 0 Å². The molecule has 3 nitrogen and oxygen atoms in total. The van der Waals surface area contributed by atoms with Crippen LogP contribution in [0.3, 0.4) is 0 Å². The average molecular weight is 287 g/mol. The maximum Gasteiger partial charge on any atom is 0.0731 e. The molecule has 0 saturated heterocycles. The molecule has 1 N–H and O–H groups in total. The minimum atomic E-state index is 0.430. The molecule has 4 aliphatic rings. The van der Waals surface area contributed by atoms with Gasteiger partial charge in [-0.2, -0.15) is 5.10 Å². The summed E-state index contributed by atoms with van der Waals surface area (Å²) >= 11 is 0. The molecule has 116 valence electrons. The van der Waals surface area contributed by atoms with Gasteiger partial charge in [0, 0.05) is 30.8 Å². The summed E-state index contributed by atoms with van der Waals surface area (Å²) in [5.41, 5.74) is 3.35. The SMILES string of the molecule is CCCNCc1cn(C)nc1C12CC3CC(CC(C3)C1)C2. The fourth-order valence-electron chi connectivity index (χ4n) is 5.91. The van der Waals surface area contributed by atoms with Gasteiger partial charge in [0.2, 0.25) is 0 Å². The van der Waals surface area contributed by atoms with Crippen molar-refractivity contribution in [2.75, 3.05) is 6.54 Å². The van der Waals surface area contributed by atoms with Crippen LogP contribution in [-0.2, 0) is 19.0 Å². The normalized spacial score (nSPS) is 37.3. The van der Waals surface area contributed by atoms with Crippen LogP contribution in [0.25, 0.3) is 0 Å². The van der Waals surface area contributed by atoms with Gasteiger partial charge in [-0.15, -0.1) is 0 Å². The van der Waals surface area contributed by atoms with E-state index in [1.807, 2.05) is 0 Å². The number of rotatable bonds is 5. The second kappa shape index (κ2) is 5.12. The molecule has 4 aliphatic carbocycles. The second-order valence-corrected chi connectivity index (χ2v) is 8.05. The number of aromatic nitrogens is 2. The number of nitrogens with one attached hydrogen (secondary N) is 1. The molecule has 5 rings (SSSR count). The molecule has 1 heterocycles. The Hall–Kier alpha value is -0.830. The van der Waals surface area contributed by atoms with Gasteiger partial charge < -0.3 is 5.32 Å². The first-order valence-corrected chi connectivity index (χ1v) is 8.92. The van der Waals surface area contributed by atoms with Crippen molar-refractivity contribution in [1.82, 2.24) is 15.1 Å². The zero-order valence-electron chi connectivity index (χ0n) is 13.6. The molecule has 4 fully saturated rings. The molecule has 21 heavy (non-hydrogen) atoms. The fraction of sp³-hybridized carbons (Fsp3) is 0.833. The lowest BCUT2D eigenvalue weighted by Crippen LogP contribution is -2.49. The summed E-state index contributed by atoms with van der Waals surface area (Å²) < 4.78 is 2.05. The Bertz CT molecular complexity index is 481. The summed E-state index contributed by atoms with van der Waals surface area (Å²) in [7, 11) is 2.09. The largest absolute Gasteiger partial charge is 0.313 e. The lowest BCUT2D eigenvalue weighted by atomic mass is 9.48. The van der Waals surface area contributed by atoms with Gasteiger partial charge in [-0.3, -0.25) is 4.68 Å². The molecule has 0 aromatic carbocycles. The van der Waals surface area contributed by atoms with Crippen LogP contribution in [0.1, 0.15) is 63.1 Å². The van der Waals surface area contributed by atoms with E-state index in [1.54, 1.807) is 0 Å². The van der Waals surface area contributed by atoms with E-state index in [2.05, 4.69) is 30.2 Å². The highest BCUT2D eigenvalue weighted by molar-refractivity contribution is 5.30. The van der Waals surface area contributed by atoms with Gasteiger partial charge >= 0.3 is 0 Å². The van der Waals surface area contributed by atoms with Gasteiger partial charge in [0.15, 0.2) is 0 Å². The molecule has 4 bridgehead atoms. The maximum absolute atomic E-state index is 4.96. The van der Waals surface area contributed by atoms with Crippen molar-refractivity contribution < 1.29 is 0 Å². The molecule has 1 aromatic heterocycles. The highest BCUT2D eigenvalue weighted by Gasteiger charge is 2.53. The molecule has 1 aromatic rings. The number of hydrogen-bond donors (Lipinski definition) is 1. The van der Waals surface area contributed by atoms with E-state index in [9.17, 15) is 0 Å². The summed E-state index contributed by atoms with van der Waals surface area (Å²) in [6, 6.07) is 0. The number of nitrogens with zero attached hydrogens (tertiary/aromatic N) is 2. The van der Waals surface area contributed by atoms with Gasteiger partial charge in [0.05, 0.1) is 5.69 Å². The van der Waals surface area contributed by atoms with Gasteiger partial charge in [0.25, 0.3) is 0 Å². The van der Waals surface area contributed by atoms with E-state index in [0.29, 0.717) is 5.41 Å². The minimum absolute atomic E-state index is 0.430. The summed E-state index contributed by atoms with van der Waals surface area (Å²) in [6.07, 6.45) is 12.2. The third-order valence-corrected chi connectivity index (χ3v) is 6.19. The van der Waals surface area contributed by atoms with Crippen LogP contribution < -0.4 is 5.32 Å². The molecule has 0 atom stereocenters. The first kappa shape index (κ1) is 13.8. The molecule has 0 unspecified atom stereocenters. The molecule has 0 spiro atoms. The van der Waals surface area contributed by atoms with Crippen molar-refractivity contribution in [3.05, 3.63) is 17.5 Å². The third kappa shape index (κ3) is 2.34. The van der Waals surface area contributed by atoms with Crippen molar-refractivity contribution in [2.45, 2.75) is 63.8 Å². The molecule has 4 saturated carbocycles. The van der Waals surface area contributed by atoms with Crippen molar-refractivity contribution in [1.29, 1.82) is 0 Å². The Kier molecular flexibility index (Phi) is 3.36. The smallest absolute Gasteiger partial charge is 0.0731 e. The lowest BCUT2D eigenvalue weighted by Gasteiger charge is -2.56. The first-order valence-electron chi connectivity index (χ1n) is 8.92. The highest BCUT2D eigenvalue weighted by atomic mass is 15.3. The number of aryl methyl sites for hydroxylation is 1. The zero-order chi connectivity index (χ0) is 14.4. The van der Waals surface area contributed by atoms with E-state index in [-0.39, 0.29) is 0 Å². The quantitative estimate of drug-likeness (QED) is 0.841. The molecule has 0 radical (unpaired) electrons. The second-order valence-electron chi connectivity index (χ2n) is 8.05. The molecule has 0 aliphatic heterocycles. The summed E-state index contributed by atoms with van der Waals surface area (Å²) in [6.45, 7) is 4.34. The van der Waals surface area contributed by atoms with Gasteiger partial charge in [-0.05, 0) is 69.2 Å². The Balaban J connectivity index is 1.63. The van der Waals surface area contributed by atoms with Crippen LogP contribution in [-0.4, -0.2) is 16.3 Å². The number of hydrogen-bond acceptors (Lipinski definition) is 2. The average Bonchev–Trinajstić information content (AvgIpc) is 2.79. The zero-order valence-corrected chi connectivity index (χ0v) is 13.6. The Morgan fingerprint density at radius 3 is 2.38 bits per heavy atom. The van der Waals surface area contributed by atoms with E-state index in [4.69, 9.17) is 5.10 Å². The van der Waals surface area contributed by atoms with Crippen molar-refractivity contribution in [2.24, 2.45) is 24.8 Å². The Morgan fingerprint density at radius 1 is 1.19 bits per heavy atom. The topological polar surface area (TPSA) is 29.9 Å². The van der Waals surface area contributed by atoms with Crippen molar-refractivity contribution in [3.8, 4) is 0 Å². The monoisotopic (exact) mass is 287 g/mol. The van der Waals surface area contributed by atoms with Crippen LogP contribution in [0, 0.1) is 17.8 Å². The van der Waals surface area contributed by atoms with Crippen LogP contribution in [0.4, 0.5) is 0 Å². The molecular weight excluding hydrogens is 258 g/mol. The summed E-state index contributed by atoms with van der Waals surface area (Å²) in [4.78, 5) is 0. The van der Waals surface area contributed by atoms with Crippen LogP contribution >= 0.6 is 0 Å². The van der Waals surface area contributed by atoms with E-state index in [0.717, 1.165) is 30.8 Å². The van der Waals surface area contributed by atoms with Crippen molar-refractivity contribution >= 4 is 0 Å². The third-order valence-electron chi connectivity index (χ3n) is 6.19. The van der Waals surface area contributed by atoms with Gasteiger partial charge in [-0.25, -0.2) is 0 Å². The fourth-order valence-corrected chi connectivity index (χ4v) is 5.91. The lowest BCUT2D eigenvalue weighted by molar-refractivity contribution is -0.00784. The predicted octanol–water partition coefficient (Wildman–Crippen LogP) is 3.39. The summed E-state index contributed by atoms with van der Waals surface area (Å²) in [5.74, 6) is 2.99. The van der Waals surface area contributed by atoms with E-state index in [1.165, 1.54) is 56.2 Å².